The van der Waals surface area contributed by atoms with Crippen LogP contribution in [0, 0.1) is 17.0 Å². The first-order valence-electron chi connectivity index (χ1n) is 7.29. The zero-order valence-corrected chi connectivity index (χ0v) is 13.6. The van der Waals surface area contributed by atoms with Crippen molar-refractivity contribution in [3.63, 3.8) is 0 Å². The summed E-state index contributed by atoms with van der Waals surface area (Å²) in [6.07, 6.45) is 0.833. The molecule has 2 aromatic carbocycles. The molecule has 0 radical (unpaired) electrons. The highest BCUT2D eigenvalue weighted by Gasteiger charge is 2.17. The van der Waals surface area contributed by atoms with E-state index in [0.717, 1.165) is 12.2 Å². The predicted molar refractivity (Wildman–Crippen MR) is 91.9 cm³/mol. The number of hydrogen-bond acceptors (Lipinski definition) is 4. The maximum Gasteiger partial charge on any atom is 0.273 e. The molecular weight excluding hydrogens is 312 g/mol. The molecule has 1 N–H and O–H groups in total. The van der Waals surface area contributed by atoms with E-state index in [4.69, 9.17) is 0 Å². The van der Waals surface area contributed by atoms with Gasteiger partial charge in [-0.1, -0.05) is 24.3 Å². The lowest BCUT2D eigenvalue weighted by molar-refractivity contribution is -0.385. The SMILES string of the molecule is Cc1c(C(=O)NCCCSc2ccccc2)cccc1[N+](=O)[O-]. The van der Waals surface area contributed by atoms with E-state index < -0.39 is 4.92 Å². The van der Waals surface area contributed by atoms with Crippen molar-refractivity contribution >= 4 is 23.4 Å². The van der Waals surface area contributed by atoms with Crippen molar-refractivity contribution in [2.24, 2.45) is 0 Å². The molecule has 23 heavy (non-hydrogen) atoms. The molecule has 0 spiro atoms. The van der Waals surface area contributed by atoms with Crippen LogP contribution >= 0.6 is 11.8 Å². The Kier molecular flexibility index (Phi) is 6.17. The number of benzene rings is 2. The van der Waals surface area contributed by atoms with Crippen molar-refractivity contribution in [3.8, 4) is 0 Å². The van der Waals surface area contributed by atoms with Crippen LogP contribution in [0.4, 0.5) is 5.69 Å². The number of nitrogens with one attached hydrogen (secondary N) is 1. The maximum atomic E-state index is 12.1. The topological polar surface area (TPSA) is 72.2 Å². The van der Waals surface area contributed by atoms with E-state index in [1.165, 1.54) is 17.0 Å². The van der Waals surface area contributed by atoms with E-state index in [9.17, 15) is 14.9 Å². The van der Waals surface area contributed by atoms with Crippen LogP contribution in [0.2, 0.25) is 0 Å². The smallest absolute Gasteiger partial charge is 0.273 e. The standard InChI is InChI=1S/C17H18N2O3S/c1-13-15(9-5-10-16(13)19(21)22)17(20)18-11-6-12-23-14-7-3-2-4-8-14/h2-5,7-10H,6,11-12H2,1H3,(H,18,20). The maximum absolute atomic E-state index is 12.1. The first kappa shape index (κ1) is 17.0. The second kappa shape index (κ2) is 8.33. The van der Waals surface area contributed by atoms with E-state index in [1.807, 2.05) is 18.2 Å². The molecule has 0 aromatic heterocycles. The van der Waals surface area contributed by atoms with Crippen molar-refractivity contribution in [2.75, 3.05) is 12.3 Å². The summed E-state index contributed by atoms with van der Waals surface area (Å²) in [5.41, 5.74) is 0.723. The molecule has 1 amide bonds. The van der Waals surface area contributed by atoms with Gasteiger partial charge in [-0.15, -0.1) is 11.8 Å². The Balaban J connectivity index is 1.81. The molecule has 0 aliphatic rings. The Morgan fingerprint density at radius 3 is 2.61 bits per heavy atom. The quantitative estimate of drug-likeness (QED) is 0.362. The summed E-state index contributed by atoms with van der Waals surface area (Å²) in [6.45, 7) is 2.14. The number of amides is 1. The van der Waals surface area contributed by atoms with Crippen LogP contribution in [-0.4, -0.2) is 23.1 Å². The summed E-state index contributed by atoms with van der Waals surface area (Å²) < 4.78 is 0. The van der Waals surface area contributed by atoms with Crippen LogP contribution in [-0.2, 0) is 0 Å². The zero-order chi connectivity index (χ0) is 16.7. The summed E-state index contributed by atoms with van der Waals surface area (Å²) in [4.78, 5) is 23.8. The molecule has 120 valence electrons. The summed E-state index contributed by atoms with van der Waals surface area (Å²) in [5.74, 6) is 0.633. The van der Waals surface area contributed by atoms with Gasteiger partial charge >= 0.3 is 0 Å². The van der Waals surface area contributed by atoms with Crippen LogP contribution in [0.15, 0.2) is 53.4 Å². The summed E-state index contributed by atoms with van der Waals surface area (Å²) >= 11 is 1.74. The summed E-state index contributed by atoms with van der Waals surface area (Å²) in [6, 6.07) is 14.6. The highest BCUT2D eigenvalue weighted by atomic mass is 32.2. The van der Waals surface area contributed by atoms with Crippen molar-refractivity contribution in [2.45, 2.75) is 18.2 Å². The first-order chi connectivity index (χ1) is 11.1. The number of hydrogen-bond donors (Lipinski definition) is 1. The molecule has 0 bridgehead atoms. The average Bonchev–Trinajstić information content (AvgIpc) is 2.55. The van der Waals surface area contributed by atoms with E-state index in [0.29, 0.717) is 17.7 Å². The van der Waals surface area contributed by atoms with Crippen LogP contribution in [0.3, 0.4) is 0 Å². The fourth-order valence-electron chi connectivity index (χ4n) is 2.14. The third-order valence-electron chi connectivity index (χ3n) is 3.37. The molecule has 2 aromatic rings. The Morgan fingerprint density at radius 1 is 1.17 bits per heavy atom. The summed E-state index contributed by atoms with van der Waals surface area (Å²) in [5, 5.41) is 13.7. The normalized spacial score (nSPS) is 10.3. The minimum atomic E-state index is -0.470. The fourth-order valence-corrected chi connectivity index (χ4v) is 3.02. The van der Waals surface area contributed by atoms with Crippen LogP contribution in [0.5, 0.6) is 0 Å². The lowest BCUT2D eigenvalue weighted by Gasteiger charge is -2.08. The predicted octanol–water partition coefficient (Wildman–Crippen LogP) is 3.82. The molecule has 0 aliphatic heterocycles. The number of carbonyl (C=O) groups is 1. The fraction of sp³-hybridized carbons (Fsp3) is 0.235. The van der Waals surface area contributed by atoms with Gasteiger partial charge in [0.2, 0.25) is 0 Å². The minimum absolute atomic E-state index is 0.0303. The first-order valence-corrected chi connectivity index (χ1v) is 8.28. The Bertz CT molecular complexity index is 689. The van der Waals surface area contributed by atoms with E-state index >= 15 is 0 Å². The summed E-state index contributed by atoms with van der Waals surface area (Å²) in [7, 11) is 0. The molecule has 6 heteroatoms. The lowest BCUT2D eigenvalue weighted by Crippen LogP contribution is -2.25. The molecular formula is C17H18N2O3S. The third-order valence-corrected chi connectivity index (χ3v) is 4.46. The van der Waals surface area contributed by atoms with Gasteiger partial charge in [0.15, 0.2) is 0 Å². The molecule has 5 nitrogen and oxygen atoms in total. The van der Waals surface area contributed by atoms with Crippen LogP contribution < -0.4 is 5.32 Å². The molecule has 0 fully saturated rings. The highest BCUT2D eigenvalue weighted by molar-refractivity contribution is 7.99. The Hall–Kier alpha value is -2.34. The zero-order valence-electron chi connectivity index (χ0n) is 12.8. The number of carbonyl (C=O) groups excluding carboxylic acids is 1. The number of rotatable bonds is 7. The van der Waals surface area contributed by atoms with Gasteiger partial charge in [0, 0.05) is 28.6 Å². The van der Waals surface area contributed by atoms with Gasteiger partial charge in [-0.3, -0.25) is 14.9 Å². The Morgan fingerprint density at radius 2 is 1.91 bits per heavy atom. The monoisotopic (exact) mass is 330 g/mol. The van der Waals surface area contributed by atoms with Gasteiger partial charge in [0.05, 0.1) is 4.92 Å². The van der Waals surface area contributed by atoms with Gasteiger partial charge in [-0.05, 0) is 37.3 Å². The number of nitro benzene ring substituents is 1. The molecule has 0 atom stereocenters. The lowest BCUT2D eigenvalue weighted by atomic mass is 10.1. The van der Waals surface area contributed by atoms with Gasteiger partial charge in [-0.25, -0.2) is 0 Å². The second-order valence-electron chi connectivity index (χ2n) is 4.98. The second-order valence-corrected chi connectivity index (χ2v) is 6.15. The molecule has 0 heterocycles. The highest BCUT2D eigenvalue weighted by Crippen LogP contribution is 2.21. The number of nitrogens with zero attached hydrogens (tertiary/aromatic N) is 1. The average molecular weight is 330 g/mol. The molecule has 0 saturated heterocycles. The van der Waals surface area contributed by atoms with Gasteiger partial charge in [0.25, 0.3) is 11.6 Å². The van der Waals surface area contributed by atoms with Crippen molar-refractivity contribution in [3.05, 3.63) is 69.8 Å². The number of nitro groups is 1. The molecule has 0 unspecified atom stereocenters. The van der Waals surface area contributed by atoms with E-state index in [-0.39, 0.29) is 11.6 Å². The Labute approximate surface area is 139 Å². The van der Waals surface area contributed by atoms with E-state index in [2.05, 4.69) is 17.4 Å². The molecule has 2 rings (SSSR count). The number of thioether (sulfide) groups is 1. The van der Waals surface area contributed by atoms with Gasteiger partial charge in [-0.2, -0.15) is 0 Å². The van der Waals surface area contributed by atoms with Gasteiger partial charge < -0.3 is 5.32 Å². The third kappa shape index (κ3) is 4.82. The van der Waals surface area contributed by atoms with Crippen molar-refractivity contribution < 1.29 is 9.72 Å². The van der Waals surface area contributed by atoms with Crippen molar-refractivity contribution in [1.82, 2.24) is 5.32 Å². The molecule has 0 aliphatic carbocycles. The van der Waals surface area contributed by atoms with Crippen LogP contribution in [0.1, 0.15) is 22.3 Å². The van der Waals surface area contributed by atoms with Crippen molar-refractivity contribution in [1.29, 1.82) is 0 Å². The minimum Gasteiger partial charge on any atom is -0.352 e. The van der Waals surface area contributed by atoms with E-state index in [1.54, 1.807) is 24.8 Å². The van der Waals surface area contributed by atoms with Crippen LogP contribution in [0.25, 0.3) is 0 Å². The largest absolute Gasteiger partial charge is 0.352 e. The van der Waals surface area contributed by atoms with Gasteiger partial charge in [0.1, 0.15) is 0 Å². The molecule has 0 saturated carbocycles.